The Balaban J connectivity index is 1.82. The van der Waals surface area contributed by atoms with E-state index in [4.69, 9.17) is 19.2 Å². The molecular formula is C15H24O5. The van der Waals surface area contributed by atoms with Gasteiger partial charge in [-0.25, -0.2) is 9.78 Å². The highest BCUT2D eigenvalue weighted by Gasteiger charge is 2.69. The van der Waals surface area contributed by atoms with E-state index in [1.54, 1.807) is 0 Å². The first-order valence-electron chi connectivity index (χ1n) is 7.84. The summed E-state index contributed by atoms with van der Waals surface area (Å²) in [6.45, 7) is 6.22. The van der Waals surface area contributed by atoms with Gasteiger partial charge in [-0.15, -0.1) is 0 Å². The Labute approximate surface area is 119 Å². The van der Waals surface area contributed by atoms with Crippen molar-refractivity contribution in [3.63, 3.8) is 0 Å². The number of aliphatic hydroxyl groups is 1. The summed E-state index contributed by atoms with van der Waals surface area (Å²) in [6.07, 6.45) is 2.72. The van der Waals surface area contributed by atoms with Crippen molar-refractivity contribution >= 4 is 0 Å². The van der Waals surface area contributed by atoms with E-state index in [1.807, 2.05) is 13.8 Å². The Kier molecular flexibility index (Phi) is 2.81. The molecule has 5 aliphatic rings. The summed E-state index contributed by atoms with van der Waals surface area (Å²) in [5, 5.41) is 10.2. The third-order valence-corrected chi connectivity index (χ3v) is 6.12. The molecule has 0 amide bonds. The van der Waals surface area contributed by atoms with Crippen molar-refractivity contribution in [3.8, 4) is 0 Å². The highest BCUT2D eigenvalue weighted by Crippen LogP contribution is 2.60. The predicted molar refractivity (Wildman–Crippen MR) is 69.0 cm³/mol. The molecule has 1 saturated carbocycles. The zero-order valence-electron chi connectivity index (χ0n) is 12.4. The van der Waals surface area contributed by atoms with Crippen LogP contribution in [0.1, 0.15) is 46.5 Å². The molecule has 0 aromatic carbocycles. The Morgan fingerprint density at radius 1 is 1.05 bits per heavy atom. The number of ether oxygens (including phenoxy) is 2. The lowest BCUT2D eigenvalue weighted by atomic mass is 9.58. The first kappa shape index (κ1) is 13.5. The van der Waals surface area contributed by atoms with Gasteiger partial charge in [-0.1, -0.05) is 13.8 Å². The van der Waals surface area contributed by atoms with Gasteiger partial charge < -0.3 is 14.6 Å². The summed E-state index contributed by atoms with van der Waals surface area (Å²) in [7, 11) is 0. The molecule has 5 nitrogen and oxygen atoms in total. The number of rotatable bonds is 0. The van der Waals surface area contributed by atoms with Crippen molar-refractivity contribution in [2.45, 2.75) is 70.4 Å². The Morgan fingerprint density at radius 3 is 2.65 bits per heavy atom. The summed E-state index contributed by atoms with van der Waals surface area (Å²) < 4.78 is 11.9. The predicted octanol–water partition coefficient (Wildman–Crippen LogP) is 2.19. The van der Waals surface area contributed by atoms with E-state index >= 15 is 0 Å². The Bertz CT molecular complexity index is 411. The number of aliphatic hydroxyl groups excluding tert-OH is 1. The van der Waals surface area contributed by atoms with Gasteiger partial charge in [0, 0.05) is 18.3 Å². The average Bonchev–Trinajstić information content (AvgIpc) is 2.63. The van der Waals surface area contributed by atoms with E-state index in [0.29, 0.717) is 11.8 Å². The second kappa shape index (κ2) is 4.17. The van der Waals surface area contributed by atoms with E-state index < -0.39 is 24.0 Å². The molecule has 20 heavy (non-hydrogen) atoms. The fourth-order valence-electron chi connectivity index (χ4n) is 4.89. The lowest BCUT2D eigenvalue weighted by Crippen LogP contribution is -2.70. The molecule has 0 radical (unpaired) electrons. The van der Waals surface area contributed by atoms with Crippen LogP contribution in [0.15, 0.2) is 0 Å². The van der Waals surface area contributed by atoms with Gasteiger partial charge in [-0.2, -0.15) is 0 Å². The van der Waals surface area contributed by atoms with Gasteiger partial charge in [-0.3, -0.25) is 0 Å². The zero-order valence-corrected chi connectivity index (χ0v) is 12.4. The third-order valence-electron chi connectivity index (χ3n) is 6.12. The first-order valence-corrected chi connectivity index (χ1v) is 7.84. The Morgan fingerprint density at radius 2 is 1.85 bits per heavy atom. The minimum Gasteiger partial charge on any atom is -0.368 e. The molecule has 1 aliphatic carbocycles. The number of hydrogen-bond donors (Lipinski definition) is 1. The fourth-order valence-corrected chi connectivity index (χ4v) is 4.89. The van der Waals surface area contributed by atoms with Crippen LogP contribution in [0.5, 0.6) is 0 Å². The fraction of sp³-hybridized carbons (Fsp3) is 1.00. The van der Waals surface area contributed by atoms with Crippen LogP contribution in [-0.2, 0) is 19.2 Å². The highest BCUT2D eigenvalue weighted by molar-refractivity contribution is 5.08. The van der Waals surface area contributed by atoms with Crippen LogP contribution in [0.25, 0.3) is 0 Å². The maximum atomic E-state index is 10.2. The quantitative estimate of drug-likeness (QED) is 0.691. The van der Waals surface area contributed by atoms with E-state index in [-0.39, 0.29) is 11.8 Å². The van der Waals surface area contributed by atoms with Crippen molar-refractivity contribution in [3.05, 3.63) is 0 Å². The molecule has 5 fully saturated rings. The third kappa shape index (κ3) is 1.56. The molecule has 2 bridgehead atoms. The molecular weight excluding hydrogens is 260 g/mol. The van der Waals surface area contributed by atoms with Crippen LogP contribution in [0, 0.1) is 23.7 Å². The molecule has 4 unspecified atom stereocenters. The Hall–Kier alpha value is -0.200. The van der Waals surface area contributed by atoms with Crippen LogP contribution >= 0.6 is 0 Å². The van der Waals surface area contributed by atoms with Crippen LogP contribution < -0.4 is 0 Å². The van der Waals surface area contributed by atoms with Crippen molar-refractivity contribution in [2.75, 3.05) is 0 Å². The summed E-state index contributed by atoms with van der Waals surface area (Å²) in [4.78, 5) is 11.6. The lowest BCUT2D eigenvalue weighted by molar-refractivity contribution is -0.576. The minimum absolute atomic E-state index is 0.0379. The molecule has 4 heterocycles. The second-order valence-corrected chi connectivity index (χ2v) is 7.30. The molecule has 1 spiro atoms. The maximum absolute atomic E-state index is 10.2. The SMILES string of the molecule is C[C@H]1C(O)OC2O[C@]3(C)CCC4[C@H](C)CCC1[C@@]24OO3. The van der Waals surface area contributed by atoms with Crippen molar-refractivity contribution in [1.82, 2.24) is 0 Å². The van der Waals surface area contributed by atoms with E-state index in [0.717, 1.165) is 19.3 Å². The van der Waals surface area contributed by atoms with Crippen LogP contribution in [0.4, 0.5) is 0 Å². The largest absolute Gasteiger partial charge is 0.368 e. The van der Waals surface area contributed by atoms with Gasteiger partial charge in [0.2, 0.25) is 5.79 Å². The van der Waals surface area contributed by atoms with Crippen molar-refractivity contribution < 1.29 is 24.4 Å². The van der Waals surface area contributed by atoms with Gasteiger partial charge >= 0.3 is 0 Å². The number of fused-ring (bicyclic) bond motifs is 2. The van der Waals surface area contributed by atoms with Gasteiger partial charge in [0.1, 0.15) is 0 Å². The van der Waals surface area contributed by atoms with Crippen LogP contribution in [0.3, 0.4) is 0 Å². The normalized spacial score (nSPS) is 61.8. The first-order chi connectivity index (χ1) is 9.46. The molecule has 0 aromatic rings. The number of hydrogen-bond acceptors (Lipinski definition) is 5. The molecule has 8 atom stereocenters. The smallest absolute Gasteiger partial charge is 0.201 e. The zero-order chi connectivity index (χ0) is 14.1. The standard InChI is InChI=1S/C15H24O5/c1-8-4-5-11-9(2)12(16)17-13-15(11)10(8)6-7-14(3,18-13)19-20-15/h8-13,16H,4-7H2,1-3H3/t8-,9-,10?,11?,12?,13?,14+,15-/m1/s1. The molecule has 4 saturated heterocycles. The minimum atomic E-state index is -0.781. The molecule has 4 aliphatic heterocycles. The molecule has 1 N–H and O–H groups in total. The van der Waals surface area contributed by atoms with Crippen LogP contribution in [0.2, 0.25) is 0 Å². The van der Waals surface area contributed by atoms with Gasteiger partial charge in [-0.05, 0) is 38.0 Å². The van der Waals surface area contributed by atoms with Crippen molar-refractivity contribution in [1.29, 1.82) is 0 Å². The topological polar surface area (TPSA) is 57.2 Å². The molecule has 114 valence electrons. The van der Waals surface area contributed by atoms with E-state index in [1.165, 1.54) is 6.42 Å². The second-order valence-electron chi connectivity index (χ2n) is 7.30. The summed E-state index contributed by atoms with van der Waals surface area (Å²) in [5.41, 5.74) is -0.549. The maximum Gasteiger partial charge on any atom is 0.201 e. The van der Waals surface area contributed by atoms with Crippen molar-refractivity contribution in [2.24, 2.45) is 23.7 Å². The lowest BCUT2D eigenvalue weighted by Gasteiger charge is -2.59. The van der Waals surface area contributed by atoms with Gasteiger partial charge in [0.25, 0.3) is 0 Å². The van der Waals surface area contributed by atoms with Gasteiger partial charge in [0.05, 0.1) is 0 Å². The molecule has 0 aromatic heterocycles. The summed E-state index contributed by atoms with van der Waals surface area (Å²) in [5.74, 6) is 0.437. The summed E-state index contributed by atoms with van der Waals surface area (Å²) in [6, 6.07) is 0. The highest BCUT2D eigenvalue weighted by atomic mass is 17.3. The summed E-state index contributed by atoms with van der Waals surface area (Å²) >= 11 is 0. The van der Waals surface area contributed by atoms with E-state index in [2.05, 4.69) is 6.92 Å². The van der Waals surface area contributed by atoms with Gasteiger partial charge in [0.15, 0.2) is 18.2 Å². The average molecular weight is 284 g/mol. The molecule has 5 heteroatoms. The monoisotopic (exact) mass is 284 g/mol. The molecule has 5 rings (SSSR count). The van der Waals surface area contributed by atoms with Crippen LogP contribution in [-0.4, -0.2) is 29.1 Å². The van der Waals surface area contributed by atoms with E-state index in [9.17, 15) is 5.11 Å².